The Hall–Kier alpha value is -1.99. The van der Waals surface area contributed by atoms with Crippen LogP contribution in [-0.2, 0) is 11.9 Å². The number of hydrogen-bond donors (Lipinski definition) is 0. The van der Waals surface area contributed by atoms with Gasteiger partial charge in [0.25, 0.3) is 0 Å². The zero-order chi connectivity index (χ0) is 18.6. The van der Waals surface area contributed by atoms with Crippen molar-refractivity contribution in [3.8, 4) is 0 Å². The summed E-state index contributed by atoms with van der Waals surface area (Å²) in [6.07, 6.45) is -2.58. The predicted octanol–water partition coefficient (Wildman–Crippen LogP) is 6.61. The van der Waals surface area contributed by atoms with Gasteiger partial charge in [0.2, 0.25) is 0 Å². The largest absolute Gasteiger partial charge is 0.468 e. The molecule has 0 radical (unpaired) electrons. The summed E-state index contributed by atoms with van der Waals surface area (Å²) >= 11 is 2.84. The quantitative estimate of drug-likeness (QED) is 0.421. The van der Waals surface area contributed by atoms with Gasteiger partial charge in [-0.3, -0.25) is 4.79 Å². The van der Waals surface area contributed by atoms with E-state index in [2.05, 4.69) is 0 Å². The highest BCUT2D eigenvalue weighted by Crippen LogP contribution is 2.37. The molecule has 1 atom stereocenters. The van der Waals surface area contributed by atoms with E-state index in [1.807, 2.05) is 11.4 Å². The van der Waals surface area contributed by atoms with Crippen LogP contribution >= 0.6 is 23.1 Å². The van der Waals surface area contributed by atoms with Crippen LogP contribution in [0.25, 0.3) is 0 Å². The lowest BCUT2D eigenvalue weighted by Crippen LogP contribution is -2.07. The average molecular weight is 396 g/mol. The standard InChI is InChI=1S/C19H15F3O2S2/c20-19(21,22)14-7-5-13(6-8-14)18(26-12-15-3-1-9-24-15)11-16(23)17-4-2-10-25-17/h1-10,18H,11-12H2/t18-/m1/s1. The third-order valence-corrected chi connectivity index (χ3v) is 5.99. The molecule has 0 N–H and O–H groups in total. The number of carbonyl (C=O) groups is 1. The van der Waals surface area contributed by atoms with Gasteiger partial charge >= 0.3 is 6.18 Å². The minimum Gasteiger partial charge on any atom is -0.468 e. The average Bonchev–Trinajstić information content (AvgIpc) is 3.31. The molecule has 1 aromatic carbocycles. The molecular formula is C19H15F3O2S2. The maximum Gasteiger partial charge on any atom is 0.416 e. The molecule has 0 aliphatic carbocycles. The molecule has 0 aliphatic heterocycles. The molecule has 2 heterocycles. The van der Waals surface area contributed by atoms with Gasteiger partial charge in [0, 0.05) is 11.7 Å². The molecule has 136 valence electrons. The fourth-order valence-electron chi connectivity index (χ4n) is 2.44. The maximum absolute atomic E-state index is 12.8. The highest BCUT2D eigenvalue weighted by molar-refractivity contribution is 7.98. The zero-order valence-electron chi connectivity index (χ0n) is 13.5. The normalized spacial score (nSPS) is 12.9. The third-order valence-electron chi connectivity index (χ3n) is 3.78. The minimum atomic E-state index is -4.37. The number of ketones is 1. The SMILES string of the molecule is O=C(C[C@@H](SCc1ccco1)c1ccc(C(F)(F)F)cc1)c1cccs1. The van der Waals surface area contributed by atoms with Crippen molar-refractivity contribution in [3.05, 3.63) is 81.9 Å². The Labute approximate surface area is 157 Å². The Bertz CT molecular complexity index is 823. The molecule has 0 saturated carbocycles. The number of hydrogen-bond acceptors (Lipinski definition) is 4. The predicted molar refractivity (Wildman–Crippen MR) is 97.5 cm³/mol. The summed E-state index contributed by atoms with van der Waals surface area (Å²) < 4.78 is 43.6. The Morgan fingerprint density at radius 3 is 2.46 bits per heavy atom. The first-order valence-electron chi connectivity index (χ1n) is 7.81. The van der Waals surface area contributed by atoms with Gasteiger partial charge in [-0.05, 0) is 41.3 Å². The van der Waals surface area contributed by atoms with Gasteiger partial charge in [-0.15, -0.1) is 23.1 Å². The Morgan fingerprint density at radius 1 is 1.12 bits per heavy atom. The van der Waals surface area contributed by atoms with Crippen LogP contribution in [0.5, 0.6) is 0 Å². The van der Waals surface area contributed by atoms with E-state index in [0.717, 1.165) is 17.9 Å². The number of thiophene rings is 1. The summed E-state index contributed by atoms with van der Waals surface area (Å²) in [6, 6.07) is 12.2. The molecule has 7 heteroatoms. The van der Waals surface area contributed by atoms with E-state index in [4.69, 9.17) is 4.42 Å². The smallest absolute Gasteiger partial charge is 0.416 e. The van der Waals surface area contributed by atoms with Crippen LogP contribution in [-0.4, -0.2) is 5.78 Å². The lowest BCUT2D eigenvalue weighted by Gasteiger charge is -2.17. The van der Waals surface area contributed by atoms with Gasteiger partial charge in [0.05, 0.1) is 22.5 Å². The monoisotopic (exact) mass is 396 g/mol. The maximum atomic E-state index is 12.8. The lowest BCUT2D eigenvalue weighted by molar-refractivity contribution is -0.137. The number of Topliss-reactive ketones (excluding diaryl/α,β-unsaturated/α-hetero) is 1. The van der Waals surface area contributed by atoms with Gasteiger partial charge in [0.15, 0.2) is 5.78 Å². The summed E-state index contributed by atoms with van der Waals surface area (Å²) in [6.45, 7) is 0. The summed E-state index contributed by atoms with van der Waals surface area (Å²) in [7, 11) is 0. The molecule has 0 spiro atoms. The molecule has 0 saturated heterocycles. The van der Waals surface area contributed by atoms with Crippen molar-refractivity contribution in [1.82, 2.24) is 0 Å². The van der Waals surface area contributed by atoms with Gasteiger partial charge < -0.3 is 4.42 Å². The van der Waals surface area contributed by atoms with Crippen molar-refractivity contribution < 1.29 is 22.4 Å². The molecule has 2 nitrogen and oxygen atoms in total. The molecule has 3 aromatic rings. The second-order valence-corrected chi connectivity index (χ2v) is 7.74. The minimum absolute atomic E-state index is 0.0168. The van der Waals surface area contributed by atoms with Crippen molar-refractivity contribution in [2.75, 3.05) is 0 Å². The van der Waals surface area contributed by atoms with Crippen molar-refractivity contribution in [2.45, 2.75) is 23.6 Å². The molecule has 0 bridgehead atoms. The Kier molecular flexibility index (Phi) is 5.88. The summed E-state index contributed by atoms with van der Waals surface area (Å²) in [5, 5.41) is 1.58. The number of thioether (sulfide) groups is 1. The topological polar surface area (TPSA) is 30.2 Å². The second kappa shape index (κ2) is 8.14. The van der Waals surface area contributed by atoms with E-state index in [1.54, 1.807) is 24.5 Å². The van der Waals surface area contributed by atoms with Crippen LogP contribution < -0.4 is 0 Å². The first-order valence-corrected chi connectivity index (χ1v) is 9.74. The first kappa shape index (κ1) is 18.8. The van der Waals surface area contributed by atoms with Gasteiger partial charge in [0.1, 0.15) is 5.76 Å². The van der Waals surface area contributed by atoms with E-state index in [9.17, 15) is 18.0 Å². The Morgan fingerprint density at radius 2 is 1.88 bits per heavy atom. The molecule has 26 heavy (non-hydrogen) atoms. The van der Waals surface area contributed by atoms with Crippen LogP contribution in [0.3, 0.4) is 0 Å². The van der Waals surface area contributed by atoms with Crippen molar-refractivity contribution >= 4 is 28.9 Å². The lowest BCUT2D eigenvalue weighted by atomic mass is 10.0. The van der Waals surface area contributed by atoms with E-state index in [0.29, 0.717) is 16.2 Å². The fourth-order valence-corrected chi connectivity index (χ4v) is 4.27. The highest BCUT2D eigenvalue weighted by atomic mass is 32.2. The van der Waals surface area contributed by atoms with E-state index in [-0.39, 0.29) is 17.5 Å². The summed E-state index contributed by atoms with van der Waals surface area (Å²) in [5.41, 5.74) is 0.0000742. The highest BCUT2D eigenvalue weighted by Gasteiger charge is 2.30. The van der Waals surface area contributed by atoms with Crippen molar-refractivity contribution in [2.24, 2.45) is 0 Å². The van der Waals surface area contributed by atoms with Crippen LogP contribution in [0.2, 0.25) is 0 Å². The van der Waals surface area contributed by atoms with Gasteiger partial charge in [-0.1, -0.05) is 18.2 Å². The molecule has 2 aromatic heterocycles. The third kappa shape index (κ3) is 4.80. The van der Waals surface area contributed by atoms with Crippen molar-refractivity contribution in [3.63, 3.8) is 0 Å². The molecular weight excluding hydrogens is 381 g/mol. The Balaban J connectivity index is 1.78. The van der Waals surface area contributed by atoms with Crippen LogP contribution in [0.4, 0.5) is 13.2 Å². The van der Waals surface area contributed by atoms with Crippen LogP contribution in [0, 0.1) is 0 Å². The van der Waals surface area contributed by atoms with Crippen LogP contribution in [0.15, 0.2) is 64.6 Å². The fraction of sp³-hybridized carbons (Fsp3) is 0.211. The molecule has 0 amide bonds. The summed E-state index contributed by atoms with van der Waals surface area (Å²) in [5.74, 6) is 1.28. The van der Waals surface area contributed by atoms with E-state index >= 15 is 0 Å². The first-order chi connectivity index (χ1) is 12.4. The van der Waals surface area contributed by atoms with Gasteiger partial charge in [-0.25, -0.2) is 0 Å². The van der Waals surface area contributed by atoms with E-state index < -0.39 is 11.7 Å². The van der Waals surface area contributed by atoms with E-state index in [1.165, 1.54) is 35.2 Å². The number of benzene rings is 1. The number of alkyl halides is 3. The number of furan rings is 1. The van der Waals surface area contributed by atoms with Crippen LogP contribution in [0.1, 0.15) is 38.2 Å². The number of rotatable bonds is 7. The molecule has 0 aliphatic rings. The molecule has 0 fully saturated rings. The number of halogens is 3. The van der Waals surface area contributed by atoms with Crippen molar-refractivity contribution in [1.29, 1.82) is 0 Å². The molecule has 3 rings (SSSR count). The number of carbonyl (C=O) groups excluding carboxylic acids is 1. The summed E-state index contributed by atoms with van der Waals surface area (Å²) in [4.78, 5) is 13.1. The molecule has 0 unspecified atom stereocenters. The second-order valence-electron chi connectivity index (χ2n) is 5.60. The van der Waals surface area contributed by atoms with Gasteiger partial charge in [-0.2, -0.15) is 13.2 Å². The zero-order valence-corrected chi connectivity index (χ0v) is 15.2.